The molecule has 0 fully saturated rings. The van der Waals surface area contributed by atoms with Crippen molar-refractivity contribution < 1.29 is 18.6 Å². The number of nitrogen functional groups attached to an aromatic ring is 1. The Hall–Kier alpha value is -2.70. The number of ether oxygens (including phenoxy) is 3. The van der Waals surface area contributed by atoms with Gasteiger partial charge in [-0.1, -0.05) is 23.2 Å². The molecule has 3 rings (SSSR count). The third-order valence-electron chi connectivity index (χ3n) is 4.39. The van der Waals surface area contributed by atoms with Gasteiger partial charge in [0.25, 0.3) is 0 Å². The van der Waals surface area contributed by atoms with Crippen LogP contribution in [-0.2, 0) is 0 Å². The maximum atomic E-state index is 13.9. The van der Waals surface area contributed by atoms with E-state index in [1.165, 1.54) is 12.1 Å². The van der Waals surface area contributed by atoms with E-state index < -0.39 is 11.9 Å². The molecule has 0 saturated carbocycles. The molecule has 1 unspecified atom stereocenters. The van der Waals surface area contributed by atoms with E-state index in [1.807, 2.05) is 6.07 Å². The summed E-state index contributed by atoms with van der Waals surface area (Å²) in [6, 6.07) is 9.75. The lowest BCUT2D eigenvalue weighted by Crippen LogP contribution is -2.08. The van der Waals surface area contributed by atoms with E-state index in [1.54, 1.807) is 45.5 Å². The van der Waals surface area contributed by atoms with Gasteiger partial charge >= 0.3 is 0 Å². The van der Waals surface area contributed by atoms with E-state index in [0.29, 0.717) is 33.4 Å². The molecule has 152 valence electrons. The second-order valence-corrected chi connectivity index (χ2v) is 6.98. The number of benzene rings is 2. The van der Waals surface area contributed by atoms with Gasteiger partial charge in [0.2, 0.25) is 0 Å². The molecule has 3 aromatic rings. The maximum absolute atomic E-state index is 13.9. The lowest BCUT2D eigenvalue weighted by molar-refractivity contribution is 0.227. The van der Waals surface area contributed by atoms with Crippen molar-refractivity contribution in [3.05, 3.63) is 64.0 Å². The van der Waals surface area contributed by atoms with Crippen molar-refractivity contribution in [2.45, 2.75) is 13.0 Å². The van der Waals surface area contributed by atoms with Crippen molar-refractivity contribution in [1.29, 1.82) is 0 Å². The lowest BCUT2D eigenvalue weighted by Gasteiger charge is -2.19. The quantitative estimate of drug-likeness (QED) is 0.484. The average Bonchev–Trinajstić information content (AvgIpc) is 2.72. The highest BCUT2D eigenvalue weighted by Gasteiger charge is 2.20. The Morgan fingerprint density at radius 2 is 1.79 bits per heavy atom. The highest BCUT2D eigenvalue weighted by atomic mass is 35.5. The average molecular weight is 437 g/mol. The summed E-state index contributed by atoms with van der Waals surface area (Å²) in [4.78, 5) is 4.21. The van der Waals surface area contributed by atoms with Gasteiger partial charge in [0.15, 0.2) is 11.6 Å². The molecule has 1 aromatic heterocycles. The Labute approximate surface area is 178 Å². The Morgan fingerprint density at radius 3 is 2.48 bits per heavy atom. The van der Waals surface area contributed by atoms with Crippen LogP contribution >= 0.6 is 23.2 Å². The minimum absolute atomic E-state index is 0.0952. The Balaban J connectivity index is 2.00. The maximum Gasteiger partial charge on any atom is 0.166 e. The molecule has 0 saturated heterocycles. The van der Waals surface area contributed by atoms with Crippen LogP contribution in [0.3, 0.4) is 0 Å². The summed E-state index contributed by atoms with van der Waals surface area (Å²) in [6.45, 7) is 1.70. The van der Waals surface area contributed by atoms with E-state index >= 15 is 0 Å². The number of aromatic nitrogens is 1. The predicted octanol–water partition coefficient (Wildman–Crippen LogP) is 5.93. The van der Waals surface area contributed by atoms with Gasteiger partial charge < -0.3 is 19.9 Å². The minimum atomic E-state index is -0.669. The van der Waals surface area contributed by atoms with Crippen molar-refractivity contribution >= 4 is 29.0 Å². The highest BCUT2D eigenvalue weighted by molar-refractivity contribution is 6.36. The lowest BCUT2D eigenvalue weighted by atomic mass is 10.1. The number of anilines is 1. The predicted molar refractivity (Wildman–Crippen MR) is 113 cm³/mol. The van der Waals surface area contributed by atoms with Crippen molar-refractivity contribution in [3.8, 4) is 28.4 Å². The minimum Gasteiger partial charge on any atom is -0.497 e. The van der Waals surface area contributed by atoms with Crippen molar-refractivity contribution in [2.75, 3.05) is 20.0 Å². The Morgan fingerprint density at radius 1 is 1.03 bits per heavy atom. The third kappa shape index (κ3) is 4.33. The summed E-state index contributed by atoms with van der Waals surface area (Å²) in [5.41, 5.74) is 7.78. The van der Waals surface area contributed by atoms with Crippen molar-refractivity contribution in [2.24, 2.45) is 0 Å². The van der Waals surface area contributed by atoms with Crippen LogP contribution in [0, 0.1) is 5.82 Å². The fourth-order valence-electron chi connectivity index (χ4n) is 2.90. The fraction of sp³-hybridized carbons (Fsp3) is 0.190. The van der Waals surface area contributed by atoms with Gasteiger partial charge in [0, 0.05) is 27.9 Å². The van der Waals surface area contributed by atoms with E-state index in [9.17, 15) is 4.39 Å². The summed E-state index contributed by atoms with van der Waals surface area (Å²) >= 11 is 12.3. The normalized spacial score (nSPS) is 11.8. The van der Waals surface area contributed by atoms with Crippen LogP contribution in [0.2, 0.25) is 10.0 Å². The first-order valence-corrected chi connectivity index (χ1v) is 9.39. The van der Waals surface area contributed by atoms with Gasteiger partial charge in [-0.3, -0.25) is 0 Å². The number of rotatable bonds is 6. The fourth-order valence-corrected chi connectivity index (χ4v) is 3.58. The van der Waals surface area contributed by atoms with Gasteiger partial charge in [-0.25, -0.2) is 9.37 Å². The SMILES string of the molecule is COc1ccc(OC)c(-c2cnc(N)c(OC(C)c3c(Cl)ccc(F)c3Cl)c2)c1. The monoisotopic (exact) mass is 436 g/mol. The van der Waals surface area contributed by atoms with Crippen LogP contribution < -0.4 is 19.9 Å². The Kier molecular flexibility index (Phi) is 6.35. The largest absolute Gasteiger partial charge is 0.497 e. The zero-order chi connectivity index (χ0) is 21.1. The summed E-state index contributed by atoms with van der Waals surface area (Å²) < 4.78 is 30.5. The molecule has 8 heteroatoms. The second-order valence-electron chi connectivity index (χ2n) is 6.19. The van der Waals surface area contributed by atoms with E-state index in [4.69, 9.17) is 43.1 Å². The van der Waals surface area contributed by atoms with Crippen LogP contribution in [0.1, 0.15) is 18.6 Å². The van der Waals surface area contributed by atoms with Gasteiger partial charge in [0.1, 0.15) is 23.4 Å². The zero-order valence-corrected chi connectivity index (χ0v) is 17.5. The molecule has 5 nitrogen and oxygen atoms in total. The number of hydrogen-bond donors (Lipinski definition) is 1. The van der Waals surface area contributed by atoms with Crippen LogP contribution in [0.5, 0.6) is 17.2 Å². The molecule has 2 aromatic carbocycles. The molecular formula is C21H19Cl2FN2O3. The summed E-state index contributed by atoms with van der Waals surface area (Å²) in [7, 11) is 3.15. The van der Waals surface area contributed by atoms with Gasteiger partial charge in [-0.2, -0.15) is 0 Å². The molecule has 0 spiro atoms. The van der Waals surface area contributed by atoms with Gasteiger partial charge in [0.05, 0.1) is 19.2 Å². The number of pyridine rings is 1. The number of hydrogen-bond acceptors (Lipinski definition) is 5. The van der Waals surface area contributed by atoms with E-state index in [0.717, 1.165) is 5.56 Å². The van der Waals surface area contributed by atoms with Crippen LogP contribution in [0.25, 0.3) is 11.1 Å². The standard InChI is InChI=1S/C21H19Cl2FN2O3/c1-11(19-15(22)5-6-16(24)20(19)23)29-18-8-12(10-26-21(18)25)14-9-13(27-2)4-7-17(14)28-3/h4-11H,1-3H3,(H2,25,26). The molecule has 29 heavy (non-hydrogen) atoms. The molecule has 0 aliphatic rings. The molecular weight excluding hydrogens is 418 g/mol. The van der Waals surface area contributed by atoms with Crippen molar-refractivity contribution in [1.82, 2.24) is 4.98 Å². The Bertz CT molecular complexity index is 1050. The molecule has 1 heterocycles. The molecule has 2 N–H and O–H groups in total. The first kappa shape index (κ1) is 21.0. The van der Waals surface area contributed by atoms with Gasteiger partial charge in [-0.05, 0) is 43.3 Å². The van der Waals surface area contributed by atoms with E-state index in [2.05, 4.69) is 4.98 Å². The summed E-state index contributed by atoms with van der Waals surface area (Å²) in [5, 5.41) is 0.197. The molecule has 0 aliphatic carbocycles. The first-order chi connectivity index (χ1) is 13.8. The zero-order valence-electron chi connectivity index (χ0n) is 16.0. The molecule has 0 radical (unpaired) electrons. The molecule has 0 amide bonds. The van der Waals surface area contributed by atoms with E-state index in [-0.39, 0.29) is 10.8 Å². The van der Waals surface area contributed by atoms with Crippen LogP contribution in [0.4, 0.5) is 10.2 Å². The number of halogens is 3. The summed E-state index contributed by atoms with van der Waals surface area (Å²) in [6.07, 6.45) is 0.934. The molecule has 0 aliphatic heterocycles. The first-order valence-electron chi connectivity index (χ1n) is 8.63. The highest BCUT2D eigenvalue weighted by Crippen LogP contribution is 2.39. The molecule has 1 atom stereocenters. The van der Waals surface area contributed by atoms with Crippen molar-refractivity contribution in [3.63, 3.8) is 0 Å². The molecule has 0 bridgehead atoms. The smallest absolute Gasteiger partial charge is 0.166 e. The number of nitrogens with two attached hydrogens (primary N) is 1. The topological polar surface area (TPSA) is 66.6 Å². The second kappa shape index (κ2) is 8.76. The number of methoxy groups -OCH3 is 2. The van der Waals surface area contributed by atoms with Gasteiger partial charge in [-0.15, -0.1) is 0 Å². The summed E-state index contributed by atoms with van der Waals surface area (Å²) in [5.74, 6) is 1.18. The third-order valence-corrected chi connectivity index (χ3v) is 5.10. The number of nitrogens with zero attached hydrogens (tertiary/aromatic N) is 1. The van der Waals surface area contributed by atoms with Crippen LogP contribution in [-0.4, -0.2) is 19.2 Å². The van der Waals surface area contributed by atoms with Crippen LogP contribution in [0.15, 0.2) is 42.6 Å².